The Bertz CT molecular complexity index is 739. The number of amides is 2. The van der Waals surface area contributed by atoms with E-state index in [9.17, 15) is 9.59 Å². The minimum atomic E-state index is -0.399. The highest BCUT2D eigenvalue weighted by atomic mass is 35.5. The highest BCUT2D eigenvalue weighted by Gasteiger charge is 2.21. The van der Waals surface area contributed by atoms with Crippen molar-refractivity contribution in [1.29, 1.82) is 0 Å². The molecule has 2 rings (SSSR count). The summed E-state index contributed by atoms with van der Waals surface area (Å²) in [5.41, 5.74) is 7.71. The van der Waals surface area contributed by atoms with E-state index in [1.807, 2.05) is 42.5 Å². The Hall–Kier alpha value is -2.08. The molecule has 1 unspecified atom stereocenters. The molecule has 2 aromatic rings. The van der Waals surface area contributed by atoms with Gasteiger partial charge in [0, 0.05) is 31.6 Å². The van der Waals surface area contributed by atoms with E-state index < -0.39 is 6.04 Å². The second kappa shape index (κ2) is 12.4. The van der Waals surface area contributed by atoms with Gasteiger partial charge in [-0.1, -0.05) is 54.1 Å². The molecule has 0 bridgehead atoms. The normalized spacial score (nSPS) is 11.2. The number of benzene rings is 2. The molecule has 28 heavy (non-hydrogen) atoms. The van der Waals surface area contributed by atoms with Crippen LogP contribution in [0.25, 0.3) is 0 Å². The molecule has 0 aliphatic rings. The van der Waals surface area contributed by atoms with Gasteiger partial charge in [0.1, 0.15) is 0 Å². The number of nitrogens with two attached hydrogens (primary N) is 1. The Morgan fingerprint density at radius 3 is 2.29 bits per heavy atom. The number of nitrogens with one attached hydrogen (secondary N) is 1. The van der Waals surface area contributed by atoms with Gasteiger partial charge in [0.05, 0.1) is 12.5 Å². The van der Waals surface area contributed by atoms with E-state index in [4.69, 9.17) is 17.3 Å². The number of carbonyl (C=O) groups excluding carboxylic acids is 2. The van der Waals surface area contributed by atoms with Crippen molar-refractivity contribution in [3.63, 3.8) is 0 Å². The fourth-order valence-corrected chi connectivity index (χ4v) is 3.05. The van der Waals surface area contributed by atoms with Crippen LogP contribution >= 0.6 is 24.0 Å². The lowest BCUT2D eigenvalue weighted by Gasteiger charge is -2.25. The summed E-state index contributed by atoms with van der Waals surface area (Å²) in [5.74, 6) is -0.220. The van der Waals surface area contributed by atoms with Gasteiger partial charge in [0.15, 0.2) is 0 Å². The zero-order valence-electron chi connectivity index (χ0n) is 15.9. The van der Waals surface area contributed by atoms with E-state index in [1.165, 1.54) is 12.5 Å². The molecule has 152 valence electrons. The van der Waals surface area contributed by atoms with Gasteiger partial charge in [0.2, 0.25) is 11.8 Å². The molecule has 1 atom stereocenters. The summed E-state index contributed by atoms with van der Waals surface area (Å²) < 4.78 is 0. The first-order valence-electron chi connectivity index (χ1n) is 9.04. The Morgan fingerprint density at radius 2 is 1.71 bits per heavy atom. The van der Waals surface area contributed by atoms with Crippen LogP contribution in [0.3, 0.4) is 0 Å². The third-order valence-corrected chi connectivity index (χ3v) is 4.55. The molecule has 0 fully saturated rings. The molecule has 0 aromatic heterocycles. The summed E-state index contributed by atoms with van der Waals surface area (Å²) in [6.07, 6.45) is 0.939. The zero-order valence-corrected chi connectivity index (χ0v) is 17.5. The molecule has 2 amide bonds. The van der Waals surface area contributed by atoms with Crippen molar-refractivity contribution in [2.24, 2.45) is 5.73 Å². The largest absolute Gasteiger partial charge is 0.349 e. The Balaban J connectivity index is 0.00000392. The van der Waals surface area contributed by atoms with E-state index in [1.54, 1.807) is 17.0 Å². The van der Waals surface area contributed by atoms with Gasteiger partial charge < -0.3 is 16.0 Å². The molecule has 0 aliphatic carbocycles. The molecule has 0 spiro atoms. The molecule has 5 nitrogen and oxygen atoms in total. The van der Waals surface area contributed by atoms with Crippen molar-refractivity contribution < 1.29 is 9.59 Å². The summed E-state index contributed by atoms with van der Waals surface area (Å²) in [6.45, 7) is 2.92. The van der Waals surface area contributed by atoms with Crippen LogP contribution in [0.1, 0.15) is 30.5 Å². The first kappa shape index (κ1) is 24.0. The minimum absolute atomic E-state index is 0. The van der Waals surface area contributed by atoms with Gasteiger partial charge in [-0.3, -0.25) is 9.59 Å². The Labute approximate surface area is 177 Å². The van der Waals surface area contributed by atoms with Crippen molar-refractivity contribution in [3.8, 4) is 0 Å². The molecule has 3 N–H and O–H groups in total. The van der Waals surface area contributed by atoms with Crippen molar-refractivity contribution in [1.82, 2.24) is 10.2 Å². The number of hydrogen-bond donors (Lipinski definition) is 2. The molecular weight excluding hydrogens is 397 g/mol. The van der Waals surface area contributed by atoms with Crippen LogP contribution in [0.15, 0.2) is 54.6 Å². The van der Waals surface area contributed by atoms with E-state index in [0.717, 1.165) is 12.0 Å². The lowest BCUT2D eigenvalue weighted by molar-refractivity contribution is -0.132. The number of carbonyl (C=O) groups is 2. The molecule has 2 aromatic carbocycles. The second-order valence-electron chi connectivity index (χ2n) is 6.41. The highest BCUT2D eigenvalue weighted by molar-refractivity contribution is 6.30. The molecule has 0 saturated heterocycles. The smallest absolute Gasteiger partial charge is 0.225 e. The summed E-state index contributed by atoms with van der Waals surface area (Å²) in [6, 6.07) is 16.8. The Kier molecular flexibility index (Phi) is 10.6. The number of nitrogens with zero attached hydrogens (tertiary/aromatic N) is 1. The van der Waals surface area contributed by atoms with Crippen molar-refractivity contribution in [2.45, 2.75) is 25.8 Å². The quantitative estimate of drug-likeness (QED) is 0.648. The lowest BCUT2D eigenvalue weighted by Crippen LogP contribution is -2.39. The van der Waals surface area contributed by atoms with E-state index in [2.05, 4.69) is 5.32 Å². The van der Waals surface area contributed by atoms with Crippen LogP contribution in [-0.4, -0.2) is 36.3 Å². The van der Waals surface area contributed by atoms with E-state index in [0.29, 0.717) is 24.7 Å². The van der Waals surface area contributed by atoms with Crippen LogP contribution in [0, 0.1) is 0 Å². The standard InChI is InChI=1S/C21H26ClN3O2.ClH/c1-16(26)24-20(18-7-9-19(22)10-8-18)15-21(27)25(14-12-23)13-11-17-5-3-2-4-6-17;/h2-10,20H,11-15,23H2,1H3,(H,24,26);1H. The average Bonchev–Trinajstić information content (AvgIpc) is 2.65. The minimum Gasteiger partial charge on any atom is -0.349 e. The lowest BCUT2D eigenvalue weighted by atomic mass is 10.0. The van der Waals surface area contributed by atoms with Gasteiger partial charge in [-0.05, 0) is 29.7 Å². The first-order chi connectivity index (χ1) is 13.0. The monoisotopic (exact) mass is 423 g/mol. The van der Waals surface area contributed by atoms with Gasteiger partial charge >= 0.3 is 0 Å². The first-order valence-corrected chi connectivity index (χ1v) is 9.41. The number of hydrogen-bond acceptors (Lipinski definition) is 3. The Morgan fingerprint density at radius 1 is 1.07 bits per heavy atom. The van der Waals surface area contributed by atoms with Crippen molar-refractivity contribution >= 4 is 35.8 Å². The summed E-state index contributed by atoms with van der Waals surface area (Å²) in [7, 11) is 0. The predicted molar refractivity (Wildman–Crippen MR) is 116 cm³/mol. The fourth-order valence-electron chi connectivity index (χ4n) is 2.92. The van der Waals surface area contributed by atoms with Crippen LogP contribution in [0.4, 0.5) is 0 Å². The topological polar surface area (TPSA) is 75.4 Å². The van der Waals surface area contributed by atoms with Crippen LogP contribution in [0.2, 0.25) is 5.02 Å². The van der Waals surface area contributed by atoms with E-state index in [-0.39, 0.29) is 30.6 Å². The van der Waals surface area contributed by atoms with Crippen molar-refractivity contribution in [3.05, 3.63) is 70.7 Å². The SMILES string of the molecule is CC(=O)NC(CC(=O)N(CCN)CCc1ccccc1)c1ccc(Cl)cc1.Cl. The molecule has 0 aliphatic heterocycles. The van der Waals surface area contributed by atoms with Crippen LogP contribution < -0.4 is 11.1 Å². The average molecular weight is 424 g/mol. The number of rotatable bonds is 9. The van der Waals surface area contributed by atoms with Gasteiger partial charge in [0.25, 0.3) is 0 Å². The molecule has 0 heterocycles. The van der Waals surface area contributed by atoms with E-state index >= 15 is 0 Å². The van der Waals surface area contributed by atoms with Crippen LogP contribution in [0.5, 0.6) is 0 Å². The van der Waals surface area contributed by atoms with Gasteiger partial charge in [-0.25, -0.2) is 0 Å². The highest BCUT2D eigenvalue weighted by Crippen LogP contribution is 2.20. The molecular formula is C21H27Cl2N3O2. The second-order valence-corrected chi connectivity index (χ2v) is 6.85. The van der Waals surface area contributed by atoms with Crippen LogP contribution in [-0.2, 0) is 16.0 Å². The third-order valence-electron chi connectivity index (χ3n) is 4.29. The summed E-state index contributed by atoms with van der Waals surface area (Å²) in [5, 5.41) is 3.47. The van der Waals surface area contributed by atoms with Gasteiger partial charge in [-0.2, -0.15) is 0 Å². The number of halogens is 2. The molecule has 7 heteroatoms. The maximum Gasteiger partial charge on any atom is 0.225 e. The fraction of sp³-hybridized carbons (Fsp3) is 0.333. The molecule has 0 saturated carbocycles. The van der Waals surface area contributed by atoms with Crippen molar-refractivity contribution in [2.75, 3.05) is 19.6 Å². The predicted octanol–water partition coefficient (Wildman–Crippen LogP) is 3.36. The summed E-state index contributed by atoms with van der Waals surface area (Å²) >= 11 is 5.94. The maximum absolute atomic E-state index is 12.9. The molecule has 0 radical (unpaired) electrons. The van der Waals surface area contributed by atoms with Gasteiger partial charge in [-0.15, -0.1) is 12.4 Å². The summed E-state index contributed by atoms with van der Waals surface area (Å²) in [4.78, 5) is 26.2. The maximum atomic E-state index is 12.9. The zero-order chi connectivity index (χ0) is 19.6. The third kappa shape index (κ3) is 7.89.